The lowest BCUT2D eigenvalue weighted by Gasteiger charge is -2.13. The lowest BCUT2D eigenvalue weighted by molar-refractivity contribution is 0.0943. The van der Waals surface area contributed by atoms with Crippen molar-refractivity contribution in [3.05, 3.63) is 53.6 Å². The van der Waals surface area contributed by atoms with Crippen molar-refractivity contribution in [3.8, 4) is 17.2 Å². The summed E-state index contributed by atoms with van der Waals surface area (Å²) in [5.41, 5.74) is 1.61. The number of ether oxygens (including phenoxy) is 3. The van der Waals surface area contributed by atoms with Crippen molar-refractivity contribution in [1.82, 2.24) is 5.32 Å². The maximum Gasteiger partial charge on any atom is 0.255 e. The highest BCUT2D eigenvalue weighted by atomic mass is 16.5. The minimum Gasteiger partial charge on any atom is -0.493 e. The average molecular weight is 315 g/mol. The molecule has 0 bridgehead atoms. The summed E-state index contributed by atoms with van der Waals surface area (Å²) in [5, 5.41) is 2.81. The molecule has 23 heavy (non-hydrogen) atoms. The molecule has 122 valence electrons. The van der Waals surface area contributed by atoms with Gasteiger partial charge in [-0.15, -0.1) is 0 Å². The van der Waals surface area contributed by atoms with Crippen LogP contribution in [0.4, 0.5) is 0 Å². The van der Waals surface area contributed by atoms with Gasteiger partial charge in [0.15, 0.2) is 11.5 Å². The molecule has 0 aliphatic rings. The molecule has 0 aliphatic carbocycles. The third-order valence-corrected chi connectivity index (χ3v) is 3.32. The van der Waals surface area contributed by atoms with Crippen LogP contribution in [0.25, 0.3) is 0 Å². The molecule has 0 fully saturated rings. The molecular weight excluding hydrogens is 294 g/mol. The number of rotatable bonds is 7. The minimum absolute atomic E-state index is 0.228. The number of hydrogen-bond donors (Lipinski definition) is 1. The van der Waals surface area contributed by atoms with E-state index >= 15 is 0 Å². The molecule has 0 spiro atoms. The quantitative estimate of drug-likeness (QED) is 0.798. The monoisotopic (exact) mass is 315 g/mol. The van der Waals surface area contributed by atoms with Crippen molar-refractivity contribution >= 4 is 5.91 Å². The van der Waals surface area contributed by atoms with Gasteiger partial charge in [0, 0.05) is 0 Å². The van der Waals surface area contributed by atoms with Crippen LogP contribution in [0.3, 0.4) is 0 Å². The first-order chi connectivity index (χ1) is 11.2. The number of hydrogen-bond acceptors (Lipinski definition) is 4. The summed E-state index contributed by atoms with van der Waals surface area (Å²) in [6, 6.07) is 13.0. The van der Waals surface area contributed by atoms with Gasteiger partial charge in [-0.25, -0.2) is 0 Å². The molecule has 0 heterocycles. The fraction of sp³-hybridized carbons (Fsp3) is 0.278. The van der Waals surface area contributed by atoms with Gasteiger partial charge in [-0.3, -0.25) is 4.79 Å². The van der Waals surface area contributed by atoms with Crippen molar-refractivity contribution in [2.45, 2.75) is 6.92 Å². The number of carbonyl (C=O) groups excluding carboxylic acids is 1. The van der Waals surface area contributed by atoms with Crippen LogP contribution in [0.2, 0.25) is 0 Å². The van der Waals surface area contributed by atoms with Crippen LogP contribution in [0.1, 0.15) is 15.9 Å². The fourth-order valence-electron chi connectivity index (χ4n) is 2.13. The van der Waals surface area contributed by atoms with Crippen LogP contribution in [0, 0.1) is 6.92 Å². The molecule has 0 radical (unpaired) electrons. The second kappa shape index (κ2) is 8.08. The topological polar surface area (TPSA) is 56.8 Å². The Morgan fingerprint density at radius 3 is 2.43 bits per heavy atom. The van der Waals surface area contributed by atoms with Gasteiger partial charge in [-0.1, -0.05) is 23.8 Å². The highest BCUT2D eigenvalue weighted by Crippen LogP contribution is 2.30. The van der Waals surface area contributed by atoms with Crippen LogP contribution in [-0.4, -0.2) is 33.3 Å². The van der Waals surface area contributed by atoms with Crippen LogP contribution in [0.15, 0.2) is 42.5 Å². The first-order valence-corrected chi connectivity index (χ1v) is 7.34. The Hall–Kier alpha value is -2.69. The second-order valence-electron chi connectivity index (χ2n) is 4.96. The normalized spacial score (nSPS) is 10.0. The smallest absolute Gasteiger partial charge is 0.255 e. The zero-order valence-corrected chi connectivity index (χ0v) is 13.6. The summed E-state index contributed by atoms with van der Waals surface area (Å²) in [7, 11) is 3.05. The fourth-order valence-corrected chi connectivity index (χ4v) is 2.13. The van der Waals surface area contributed by atoms with E-state index in [4.69, 9.17) is 14.2 Å². The number of benzene rings is 2. The number of para-hydroxylation sites is 1. The maximum absolute atomic E-state index is 12.2. The molecule has 5 nitrogen and oxygen atoms in total. The predicted octanol–water partition coefficient (Wildman–Crippen LogP) is 2.82. The molecule has 1 N–H and O–H groups in total. The molecule has 0 atom stereocenters. The Labute approximate surface area is 136 Å². The first kappa shape index (κ1) is 16.7. The van der Waals surface area contributed by atoms with Gasteiger partial charge in [0.1, 0.15) is 12.4 Å². The standard InChI is InChI=1S/C18H21NO4/c1-13-7-9-14(10-8-13)23-12-11-19-18(20)15-5-4-6-16(21-2)17(15)22-3/h4-10H,11-12H2,1-3H3,(H,19,20). The average Bonchev–Trinajstić information content (AvgIpc) is 2.59. The summed E-state index contributed by atoms with van der Waals surface area (Å²) in [6.45, 7) is 2.81. The molecule has 0 unspecified atom stereocenters. The largest absolute Gasteiger partial charge is 0.493 e. The first-order valence-electron chi connectivity index (χ1n) is 7.34. The van der Waals surface area contributed by atoms with E-state index in [2.05, 4.69) is 5.32 Å². The third kappa shape index (κ3) is 4.39. The second-order valence-corrected chi connectivity index (χ2v) is 4.96. The Bertz CT molecular complexity index is 653. The molecule has 2 aromatic carbocycles. The number of carbonyl (C=O) groups is 1. The Morgan fingerprint density at radius 1 is 1.04 bits per heavy atom. The molecule has 0 saturated carbocycles. The molecule has 5 heteroatoms. The lowest BCUT2D eigenvalue weighted by Crippen LogP contribution is -2.28. The number of methoxy groups -OCH3 is 2. The summed E-state index contributed by atoms with van der Waals surface area (Å²) in [5.74, 6) is 1.50. The Kier molecular flexibility index (Phi) is 5.86. The highest BCUT2D eigenvalue weighted by Gasteiger charge is 2.15. The van der Waals surface area contributed by atoms with E-state index in [1.165, 1.54) is 19.8 Å². The molecule has 1 amide bonds. The number of amides is 1. The van der Waals surface area contributed by atoms with Crippen molar-refractivity contribution in [3.63, 3.8) is 0 Å². The van der Waals surface area contributed by atoms with Gasteiger partial charge >= 0.3 is 0 Å². The molecule has 2 rings (SSSR count). The van der Waals surface area contributed by atoms with Crippen LogP contribution in [-0.2, 0) is 0 Å². The summed E-state index contributed by atoms with van der Waals surface area (Å²) in [6.07, 6.45) is 0. The molecule has 0 aromatic heterocycles. The van der Waals surface area contributed by atoms with Gasteiger partial charge in [-0.05, 0) is 31.2 Å². The molecule has 0 aliphatic heterocycles. The summed E-state index contributed by atoms with van der Waals surface area (Å²) >= 11 is 0. The van der Waals surface area contributed by atoms with E-state index in [-0.39, 0.29) is 5.91 Å². The zero-order valence-electron chi connectivity index (χ0n) is 13.6. The van der Waals surface area contributed by atoms with E-state index in [0.717, 1.165) is 5.75 Å². The van der Waals surface area contributed by atoms with E-state index < -0.39 is 0 Å². The van der Waals surface area contributed by atoms with E-state index in [9.17, 15) is 4.79 Å². The van der Waals surface area contributed by atoms with Crippen LogP contribution >= 0.6 is 0 Å². The van der Waals surface area contributed by atoms with Crippen molar-refractivity contribution < 1.29 is 19.0 Å². The SMILES string of the molecule is COc1cccc(C(=O)NCCOc2ccc(C)cc2)c1OC. The molecule has 2 aromatic rings. The molecular formula is C18H21NO4. The zero-order chi connectivity index (χ0) is 16.7. The third-order valence-electron chi connectivity index (χ3n) is 3.32. The van der Waals surface area contributed by atoms with Gasteiger partial charge in [0.2, 0.25) is 0 Å². The summed E-state index contributed by atoms with van der Waals surface area (Å²) in [4.78, 5) is 12.2. The van der Waals surface area contributed by atoms with Crippen LogP contribution in [0.5, 0.6) is 17.2 Å². The number of aryl methyl sites for hydroxylation is 1. The predicted molar refractivity (Wildman–Crippen MR) is 88.6 cm³/mol. The van der Waals surface area contributed by atoms with E-state index in [1.807, 2.05) is 31.2 Å². The van der Waals surface area contributed by atoms with Crippen molar-refractivity contribution in [1.29, 1.82) is 0 Å². The van der Waals surface area contributed by atoms with Gasteiger partial charge in [0.25, 0.3) is 5.91 Å². The van der Waals surface area contributed by atoms with E-state index in [0.29, 0.717) is 30.2 Å². The maximum atomic E-state index is 12.2. The Morgan fingerprint density at radius 2 is 1.78 bits per heavy atom. The van der Waals surface area contributed by atoms with Gasteiger partial charge in [0.05, 0.1) is 26.3 Å². The van der Waals surface area contributed by atoms with Crippen molar-refractivity contribution in [2.24, 2.45) is 0 Å². The highest BCUT2D eigenvalue weighted by molar-refractivity contribution is 5.97. The number of nitrogens with one attached hydrogen (secondary N) is 1. The van der Waals surface area contributed by atoms with Gasteiger partial charge in [-0.2, -0.15) is 0 Å². The van der Waals surface area contributed by atoms with E-state index in [1.54, 1.807) is 18.2 Å². The van der Waals surface area contributed by atoms with Crippen molar-refractivity contribution in [2.75, 3.05) is 27.4 Å². The van der Waals surface area contributed by atoms with Gasteiger partial charge < -0.3 is 19.5 Å². The minimum atomic E-state index is -0.228. The van der Waals surface area contributed by atoms with Crippen LogP contribution < -0.4 is 19.5 Å². The summed E-state index contributed by atoms with van der Waals surface area (Å²) < 4.78 is 16.0. The Balaban J connectivity index is 1.89. The lowest BCUT2D eigenvalue weighted by atomic mass is 10.1. The molecule has 0 saturated heterocycles.